The first-order chi connectivity index (χ1) is 9.56. The second-order valence-electron chi connectivity index (χ2n) is 4.46. The number of carbonyl (C=O) groups is 1. The molecular weight excluding hydrogens is 279 g/mol. The van der Waals surface area contributed by atoms with Gasteiger partial charge in [-0.1, -0.05) is 17.7 Å². The summed E-state index contributed by atoms with van der Waals surface area (Å²) in [4.78, 5) is 15.4. The Hall–Kier alpha value is -2.33. The van der Waals surface area contributed by atoms with Crippen molar-refractivity contribution in [3.63, 3.8) is 0 Å². The predicted molar refractivity (Wildman–Crippen MR) is 77.6 cm³/mol. The molecule has 0 fully saturated rings. The van der Waals surface area contributed by atoms with Crippen LogP contribution in [0.25, 0.3) is 10.9 Å². The molecular formula is C15H10ClFN2O. The molecule has 0 aliphatic rings. The van der Waals surface area contributed by atoms with Gasteiger partial charge in [0.1, 0.15) is 5.82 Å². The number of nitrogens with two attached hydrogens (primary N) is 1. The summed E-state index contributed by atoms with van der Waals surface area (Å²) in [6.45, 7) is 0. The van der Waals surface area contributed by atoms with Crippen LogP contribution >= 0.6 is 11.6 Å². The van der Waals surface area contributed by atoms with E-state index in [-0.39, 0.29) is 11.3 Å². The second-order valence-corrected chi connectivity index (χ2v) is 4.90. The second kappa shape index (κ2) is 4.65. The molecule has 5 heteroatoms. The molecule has 2 aromatic carbocycles. The van der Waals surface area contributed by atoms with E-state index >= 15 is 0 Å². The molecule has 3 aromatic rings. The Morgan fingerprint density at radius 1 is 1.15 bits per heavy atom. The van der Waals surface area contributed by atoms with Crippen LogP contribution in [-0.2, 0) is 0 Å². The number of anilines is 1. The van der Waals surface area contributed by atoms with Crippen LogP contribution in [0.5, 0.6) is 0 Å². The summed E-state index contributed by atoms with van der Waals surface area (Å²) in [6.07, 6.45) is 1.55. The fourth-order valence-electron chi connectivity index (χ4n) is 2.15. The number of nitrogens with one attached hydrogen (secondary N) is 1. The van der Waals surface area contributed by atoms with Gasteiger partial charge in [0.05, 0.1) is 5.56 Å². The van der Waals surface area contributed by atoms with Gasteiger partial charge in [-0.05, 0) is 30.3 Å². The minimum atomic E-state index is -0.627. The van der Waals surface area contributed by atoms with Gasteiger partial charge in [0, 0.05) is 33.4 Å². The molecule has 3 rings (SSSR count). The van der Waals surface area contributed by atoms with Gasteiger partial charge in [-0.25, -0.2) is 4.39 Å². The van der Waals surface area contributed by atoms with Gasteiger partial charge in [-0.3, -0.25) is 4.79 Å². The number of halogens is 2. The lowest BCUT2D eigenvalue weighted by Gasteiger charge is -2.03. The average Bonchev–Trinajstić information content (AvgIpc) is 2.80. The van der Waals surface area contributed by atoms with Gasteiger partial charge in [0.15, 0.2) is 5.78 Å². The van der Waals surface area contributed by atoms with E-state index in [1.807, 2.05) is 0 Å². The van der Waals surface area contributed by atoms with Crippen molar-refractivity contribution in [2.75, 3.05) is 5.73 Å². The summed E-state index contributed by atoms with van der Waals surface area (Å²) in [7, 11) is 0. The minimum absolute atomic E-state index is 0.00458. The third kappa shape index (κ3) is 2.04. The van der Waals surface area contributed by atoms with Crippen LogP contribution in [0.2, 0.25) is 5.02 Å². The van der Waals surface area contributed by atoms with E-state index in [1.165, 1.54) is 12.1 Å². The average molecular weight is 289 g/mol. The van der Waals surface area contributed by atoms with E-state index in [9.17, 15) is 9.18 Å². The Morgan fingerprint density at radius 3 is 2.70 bits per heavy atom. The third-order valence-electron chi connectivity index (χ3n) is 3.13. The van der Waals surface area contributed by atoms with Gasteiger partial charge in [-0.15, -0.1) is 0 Å². The van der Waals surface area contributed by atoms with Crippen LogP contribution in [-0.4, -0.2) is 10.8 Å². The van der Waals surface area contributed by atoms with Crippen LogP contribution in [0.15, 0.2) is 42.6 Å². The highest BCUT2D eigenvalue weighted by Gasteiger charge is 2.17. The maximum atomic E-state index is 13.8. The molecule has 0 saturated heterocycles. The number of ketones is 1. The number of aromatic amines is 1. The largest absolute Gasteiger partial charge is 0.399 e. The van der Waals surface area contributed by atoms with E-state index in [0.29, 0.717) is 16.0 Å². The number of hydrogen-bond donors (Lipinski definition) is 2. The zero-order valence-corrected chi connectivity index (χ0v) is 11.0. The van der Waals surface area contributed by atoms with E-state index in [4.69, 9.17) is 17.3 Å². The fourth-order valence-corrected chi connectivity index (χ4v) is 2.32. The lowest BCUT2D eigenvalue weighted by atomic mass is 10.0. The Morgan fingerprint density at radius 2 is 1.95 bits per heavy atom. The molecule has 0 radical (unpaired) electrons. The molecule has 0 amide bonds. The number of benzene rings is 2. The van der Waals surface area contributed by atoms with Crippen molar-refractivity contribution in [3.05, 3.63) is 64.6 Å². The number of fused-ring (bicyclic) bond motifs is 1. The first kappa shape index (κ1) is 12.7. The summed E-state index contributed by atoms with van der Waals surface area (Å²) in [5, 5.41) is 1.27. The van der Waals surface area contributed by atoms with Crippen molar-refractivity contribution in [2.24, 2.45) is 0 Å². The molecule has 100 valence electrons. The van der Waals surface area contributed by atoms with Crippen LogP contribution < -0.4 is 5.73 Å². The van der Waals surface area contributed by atoms with Crippen LogP contribution in [0.3, 0.4) is 0 Å². The monoisotopic (exact) mass is 288 g/mol. The number of carbonyl (C=O) groups excluding carboxylic acids is 1. The minimum Gasteiger partial charge on any atom is -0.399 e. The summed E-state index contributed by atoms with van der Waals surface area (Å²) in [6, 6.07) is 9.17. The topological polar surface area (TPSA) is 58.9 Å². The van der Waals surface area contributed by atoms with Crippen LogP contribution in [0.1, 0.15) is 15.9 Å². The van der Waals surface area contributed by atoms with E-state index in [1.54, 1.807) is 24.4 Å². The quantitative estimate of drug-likeness (QED) is 0.557. The molecule has 0 unspecified atom stereocenters. The highest BCUT2D eigenvalue weighted by molar-refractivity contribution is 6.31. The van der Waals surface area contributed by atoms with Crippen molar-refractivity contribution in [1.29, 1.82) is 0 Å². The van der Waals surface area contributed by atoms with Crippen molar-refractivity contribution in [1.82, 2.24) is 4.98 Å². The third-order valence-corrected chi connectivity index (χ3v) is 3.36. The summed E-state index contributed by atoms with van der Waals surface area (Å²) in [5.41, 5.74) is 6.90. The first-order valence-corrected chi connectivity index (χ1v) is 6.30. The highest BCUT2D eigenvalue weighted by Crippen LogP contribution is 2.25. The predicted octanol–water partition coefficient (Wildman–Crippen LogP) is 3.77. The summed E-state index contributed by atoms with van der Waals surface area (Å²) >= 11 is 5.89. The van der Waals surface area contributed by atoms with Gasteiger partial charge < -0.3 is 10.7 Å². The lowest BCUT2D eigenvalue weighted by molar-refractivity contribution is 0.103. The van der Waals surface area contributed by atoms with Crippen molar-refractivity contribution < 1.29 is 9.18 Å². The Bertz CT molecular complexity index is 826. The van der Waals surface area contributed by atoms with E-state index < -0.39 is 11.6 Å². The number of rotatable bonds is 2. The van der Waals surface area contributed by atoms with Gasteiger partial charge in [0.2, 0.25) is 0 Å². The molecule has 1 heterocycles. The molecule has 0 atom stereocenters. The highest BCUT2D eigenvalue weighted by atomic mass is 35.5. The fraction of sp³-hybridized carbons (Fsp3) is 0. The maximum absolute atomic E-state index is 13.8. The molecule has 20 heavy (non-hydrogen) atoms. The standard InChI is InChI=1S/C15H10ClFN2O/c16-8-1-3-10-12(7-19-14(10)5-8)15(20)11-4-2-9(18)6-13(11)17/h1-7,19H,18H2. The van der Waals surface area contributed by atoms with Gasteiger partial charge in [0.25, 0.3) is 0 Å². The first-order valence-electron chi connectivity index (χ1n) is 5.92. The van der Waals surface area contributed by atoms with Crippen LogP contribution in [0, 0.1) is 5.82 Å². The smallest absolute Gasteiger partial charge is 0.198 e. The zero-order chi connectivity index (χ0) is 14.3. The Kier molecular flexibility index (Phi) is 2.95. The molecule has 3 N–H and O–H groups in total. The molecule has 0 aliphatic heterocycles. The van der Waals surface area contributed by atoms with E-state index in [0.717, 1.165) is 11.6 Å². The van der Waals surface area contributed by atoms with Crippen molar-refractivity contribution in [2.45, 2.75) is 0 Å². The SMILES string of the molecule is Nc1ccc(C(=O)c2c[nH]c3cc(Cl)ccc23)c(F)c1. The Balaban J connectivity index is 2.13. The van der Waals surface area contributed by atoms with E-state index in [2.05, 4.69) is 4.98 Å². The molecule has 0 aliphatic carbocycles. The lowest BCUT2D eigenvalue weighted by Crippen LogP contribution is -2.04. The van der Waals surface area contributed by atoms with Gasteiger partial charge >= 0.3 is 0 Å². The number of nitrogen functional groups attached to an aromatic ring is 1. The maximum Gasteiger partial charge on any atom is 0.198 e. The van der Waals surface area contributed by atoms with Crippen LogP contribution in [0.4, 0.5) is 10.1 Å². The Labute approximate surface area is 119 Å². The molecule has 0 saturated carbocycles. The normalized spacial score (nSPS) is 10.9. The molecule has 0 bridgehead atoms. The summed E-state index contributed by atoms with van der Waals surface area (Å²) in [5.74, 6) is -1.02. The van der Waals surface area contributed by atoms with Crippen molar-refractivity contribution in [3.8, 4) is 0 Å². The van der Waals surface area contributed by atoms with Crippen molar-refractivity contribution >= 4 is 34.0 Å². The zero-order valence-electron chi connectivity index (χ0n) is 10.3. The number of H-pyrrole nitrogens is 1. The number of hydrogen-bond acceptors (Lipinski definition) is 2. The number of aromatic nitrogens is 1. The molecule has 3 nitrogen and oxygen atoms in total. The molecule has 0 spiro atoms. The summed E-state index contributed by atoms with van der Waals surface area (Å²) < 4.78 is 13.8. The van der Waals surface area contributed by atoms with Gasteiger partial charge in [-0.2, -0.15) is 0 Å². The molecule has 1 aromatic heterocycles.